The summed E-state index contributed by atoms with van der Waals surface area (Å²) in [6, 6.07) is 11.8. The molecule has 1 aliphatic rings. The monoisotopic (exact) mass is 436 g/mol. The molecule has 1 fully saturated rings. The van der Waals surface area contributed by atoms with Crippen molar-refractivity contribution < 1.29 is 22.8 Å². The number of benzene rings is 2. The highest BCUT2D eigenvalue weighted by Crippen LogP contribution is 2.42. The summed E-state index contributed by atoms with van der Waals surface area (Å²) in [5.74, 6) is 0.0628. The molecule has 0 bridgehead atoms. The molecule has 1 heterocycles. The summed E-state index contributed by atoms with van der Waals surface area (Å²) in [6.07, 6.45) is -1.03. The van der Waals surface area contributed by atoms with Crippen molar-refractivity contribution in [1.29, 1.82) is 0 Å². The topological polar surface area (TPSA) is 49.4 Å². The van der Waals surface area contributed by atoms with Crippen LogP contribution in [-0.2, 0) is 15.8 Å². The number of carbonyl (C=O) groups is 2. The van der Waals surface area contributed by atoms with Crippen LogP contribution in [0.4, 0.5) is 24.5 Å². The average molecular weight is 436 g/mol. The third-order valence-electron chi connectivity index (χ3n) is 4.83. The van der Waals surface area contributed by atoms with Crippen LogP contribution in [0.5, 0.6) is 0 Å². The molecule has 2 aromatic rings. The summed E-state index contributed by atoms with van der Waals surface area (Å²) in [6.45, 7) is 2.08. The molecular weight excluding hydrogens is 413 g/mol. The van der Waals surface area contributed by atoms with E-state index in [2.05, 4.69) is 12.2 Å². The van der Waals surface area contributed by atoms with Crippen LogP contribution in [0.15, 0.2) is 48.5 Å². The van der Waals surface area contributed by atoms with Crippen LogP contribution in [0, 0.1) is 0 Å². The van der Waals surface area contributed by atoms with Gasteiger partial charge in [0.2, 0.25) is 11.8 Å². The van der Waals surface area contributed by atoms with E-state index in [1.807, 2.05) is 12.1 Å². The van der Waals surface area contributed by atoms with Gasteiger partial charge in [-0.15, -0.1) is 11.8 Å². The van der Waals surface area contributed by atoms with Crippen LogP contribution >= 0.6 is 11.8 Å². The molecule has 0 spiro atoms. The summed E-state index contributed by atoms with van der Waals surface area (Å²) in [5.41, 5.74) is 1.20. The Balaban J connectivity index is 1.71. The molecule has 160 valence electrons. The number of hydrogen-bond acceptors (Lipinski definition) is 3. The number of alkyl halides is 3. The van der Waals surface area contributed by atoms with Crippen LogP contribution in [0.3, 0.4) is 0 Å². The molecule has 0 radical (unpaired) electrons. The highest BCUT2D eigenvalue weighted by atomic mass is 32.2. The van der Waals surface area contributed by atoms with E-state index in [0.29, 0.717) is 17.8 Å². The van der Waals surface area contributed by atoms with Crippen molar-refractivity contribution in [2.24, 2.45) is 0 Å². The number of thioether (sulfide) groups is 1. The number of unbranched alkanes of at least 4 members (excludes halogenated alkanes) is 2. The van der Waals surface area contributed by atoms with Gasteiger partial charge in [-0.3, -0.25) is 14.5 Å². The number of carbonyl (C=O) groups excluding carboxylic acids is 2. The Morgan fingerprint density at radius 1 is 1.10 bits per heavy atom. The molecule has 1 N–H and O–H groups in total. The molecule has 1 aliphatic heterocycles. The van der Waals surface area contributed by atoms with Gasteiger partial charge in [-0.1, -0.05) is 31.9 Å². The van der Waals surface area contributed by atoms with Gasteiger partial charge in [0.25, 0.3) is 0 Å². The van der Waals surface area contributed by atoms with E-state index in [9.17, 15) is 22.8 Å². The fourth-order valence-electron chi connectivity index (χ4n) is 3.25. The molecular formula is C22H23F3N2O2S. The van der Waals surface area contributed by atoms with Crippen LogP contribution in [0.2, 0.25) is 0 Å². The lowest BCUT2D eigenvalue weighted by Crippen LogP contribution is -2.27. The molecule has 2 amide bonds. The first-order valence-electron chi connectivity index (χ1n) is 9.80. The maximum atomic E-state index is 12.8. The van der Waals surface area contributed by atoms with Gasteiger partial charge in [-0.2, -0.15) is 13.2 Å². The average Bonchev–Trinajstić information content (AvgIpc) is 3.09. The minimum absolute atomic E-state index is 0.0343. The van der Waals surface area contributed by atoms with Gasteiger partial charge in [-0.05, 0) is 48.4 Å². The van der Waals surface area contributed by atoms with E-state index in [4.69, 9.17) is 0 Å². The molecule has 1 atom stereocenters. The number of amides is 2. The molecule has 4 nitrogen and oxygen atoms in total. The van der Waals surface area contributed by atoms with E-state index in [-0.39, 0.29) is 22.9 Å². The number of nitrogens with zero attached hydrogens (tertiary/aromatic N) is 1. The quantitative estimate of drug-likeness (QED) is 0.542. The van der Waals surface area contributed by atoms with Gasteiger partial charge in [0.15, 0.2) is 0 Å². The van der Waals surface area contributed by atoms with E-state index in [1.54, 1.807) is 12.1 Å². The standard InChI is InChI=1S/C22H23F3N2O2S/c1-2-3-4-5-19(28)26-17-10-6-15(7-11-17)21-27(20(29)14-30-21)18-12-8-16(9-13-18)22(23,24)25/h6-13,21H,2-5,14H2,1H3,(H,26,28)/t21-/m0/s1. The molecule has 0 unspecified atom stereocenters. The minimum Gasteiger partial charge on any atom is -0.326 e. The SMILES string of the molecule is CCCCCC(=O)Nc1ccc([C@@H]2SCC(=O)N2c2ccc(C(F)(F)F)cc2)cc1. The second kappa shape index (κ2) is 9.55. The molecule has 8 heteroatoms. The normalized spacial score (nSPS) is 16.7. The Bertz CT molecular complexity index is 883. The zero-order chi connectivity index (χ0) is 21.7. The van der Waals surface area contributed by atoms with Crippen LogP contribution in [0.1, 0.15) is 49.1 Å². The Kier molecular flexibility index (Phi) is 7.07. The van der Waals surface area contributed by atoms with Gasteiger partial charge in [0, 0.05) is 17.8 Å². The molecule has 3 rings (SSSR count). The number of hydrogen-bond donors (Lipinski definition) is 1. The van der Waals surface area contributed by atoms with Crippen LogP contribution < -0.4 is 10.2 Å². The van der Waals surface area contributed by atoms with Gasteiger partial charge < -0.3 is 5.32 Å². The van der Waals surface area contributed by atoms with E-state index >= 15 is 0 Å². The van der Waals surface area contributed by atoms with Crippen molar-refractivity contribution in [2.45, 2.75) is 44.2 Å². The van der Waals surface area contributed by atoms with Gasteiger partial charge in [-0.25, -0.2) is 0 Å². The lowest BCUT2D eigenvalue weighted by atomic mass is 10.1. The molecule has 0 aliphatic carbocycles. The highest BCUT2D eigenvalue weighted by Gasteiger charge is 2.35. The first-order chi connectivity index (χ1) is 14.3. The van der Waals surface area contributed by atoms with E-state index in [1.165, 1.54) is 28.8 Å². The van der Waals surface area contributed by atoms with Crippen molar-refractivity contribution in [2.75, 3.05) is 16.0 Å². The van der Waals surface area contributed by atoms with Crippen molar-refractivity contribution in [3.8, 4) is 0 Å². The largest absolute Gasteiger partial charge is 0.416 e. The lowest BCUT2D eigenvalue weighted by molar-refractivity contribution is -0.137. The Hall–Kier alpha value is -2.48. The van der Waals surface area contributed by atoms with Crippen molar-refractivity contribution >= 4 is 35.0 Å². The highest BCUT2D eigenvalue weighted by molar-refractivity contribution is 8.00. The summed E-state index contributed by atoms with van der Waals surface area (Å²) < 4.78 is 38.4. The number of anilines is 2. The zero-order valence-electron chi connectivity index (χ0n) is 16.5. The van der Waals surface area contributed by atoms with Crippen molar-refractivity contribution in [3.63, 3.8) is 0 Å². The minimum atomic E-state index is -4.42. The fraction of sp³-hybridized carbons (Fsp3) is 0.364. The fourth-order valence-corrected chi connectivity index (χ4v) is 4.43. The third kappa shape index (κ3) is 5.36. The lowest BCUT2D eigenvalue weighted by Gasteiger charge is -2.25. The van der Waals surface area contributed by atoms with E-state index in [0.717, 1.165) is 37.0 Å². The zero-order valence-corrected chi connectivity index (χ0v) is 17.4. The predicted octanol–water partition coefficient (Wildman–Crippen LogP) is 6.00. The Morgan fingerprint density at radius 2 is 1.77 bits per heavy atom. The molecule has 30 heavy (non-hydrogen) atoms. The van der Waals surface area contributed by atoms with Crippen LogP contribution in [0.25, 0.3) is 0 Å². The molecule has 2 aromatic carbocycles. The number of rotatable bonds is 7. The summed E-state index contributed by atoms with van der Waals surface area (Å²) in [7, 11) is 0. The first-order valence-corrected chi connectivity index (χ1v) is 10.8. The summed E-state index contributed by atoms with van der Waals surface area (Å²) in [4.78, 5) is 25.9. The molecule has 0 aromatic heterocycles. The smallest absolute Gasteiger partial charge is 0.326 e. The summed E-state index contributed by atoms with van der Waals surface area (Å²) >= 11 is 1.42. The molecule has 0 saturated carbocycles. The van der Waals surface area contributed by atoms with Crippen LogP contribution in [-0.4, -0.2) is 17.6 Å². The maximum Gasteiger partial charge on any atom is 0.416 e. The Labute approximate surface area is 177 Å². The second-order valence-corrected chi connectivity index (χ2v) is 8.17. The second-order valence-electron chi connectivity index (χ2n) is 7.10. The third-order valence-corrected chi connectivity index (χ3v) is 6.04. The first kappa shape index (κ1) is 22.2. The predicted molar refractivity (Wildman–Crippen MR) is 113 cm³/mol. The molecule has 1 saturated heterocycles. The van der Waals surface area contributed by atoms with Crippen molar-refractivity contribution in [3.05, 3.63) is 59.7 Å². The van der Waals surface area contributed by atoms with E-state index < -0.39 is 11.7 Å². The Morgan fingerprint density at radius 3 is 2.37 bits per heavy atom. The van der Waals surface area contributed by atoms with Crippen molar-refractivity contribution in [1.82, 2.24) is 0 Å². The number of halogens is 3. The maximum absolute atomic E-state index is 12.8. The summed E-state index contributed by atoms with van der Waals surface area (Å²) in [5, 5.41) is 2.53. The van der Waals surface area contributed by atoms with Gasteiger partial charge in [0.1, 0.15) is 5.37 Å². The van der Waals surface area contributed by atoms with Gasteiger partial charge in [0.05, 0.1) is 11.3 Å². The van der Waals surface area contributed by atoms with Gasteiger partial charge >= 0.3 is 6.18 Å². The number of nitrogens with one attached hydrogen (secondary N) is 1.